The average molecular weight is 692 g/mol. The standard InChI is InChI=1S/C19H28O2.C17H14Cl2F2N2O3/c1-18-9-7-13(20)11-12(18)3-4-14-15-5-6-17(21)19(15,2)10-8-16(14)18;18-11-6-22-7-12(19)15(11)23-16(24)10-3-4-13(26-17(20)21)14(5-10)25-8-9-1-2-9/h3,13-16,20H,4-11H2,1-2H3;3-7,9,17H,1-2,8H2,(H,22,23,24)/t13-,14-,15-,16-,18-,19-;/m0./s1. The van der Waals surface area contributed by atoms with Gasteiger partial charge in [0.05, 0.1) is 28.4 Å². The van der Waals surface area contributed by atoms with E-state index in [4.69, 9.17) is 27.9 Å². The van der Waals surface area contributed by atoms with Crippen molar-refractivity contribution in [2.24, 2.45) is 34.5 Å². The summed E-state index contributed by atoms with van der Waals surface area (Å²) < 4.78 is 35.1. The number of nitrogens with one attached hydrogen (secondary N) is 1. The van der Waals surface area contributed by atoms with Crippen molar-refractivity contribution < 1.29 is 33.0 Å². The number of fused-ring (bicyclic) bond motifs is 5. The topological polar surface area (TPSA) is 97.8 Å². The molecule has 1 heterocycles. The largest absolute Gasteiger partial charge is 0.489 e. The van der Waals surface area contributed by atoms with E-state index in [1.807, 2.05) is 0 Å². The quantitative estimate of drug-likeness (QED) is 0.282. The lowest BCUT2D eigenvalue weighted by molar-refractivity contribution is -0.132. The number of amides is 1. The maximum Gasteiger partial charge on any atom is 0.387 e. The molecule has 0 saturated heterocycles. The van der Waals surface area contributed by atoms with E-state index in [-0.39, 0.29) is 44.3 Å². The number of rotatable bonds is 7. The third kappa shape index (κ3) is 7.04. The molecule has 1 aromatic heterocycles. The number of benzene rings is 1. The van der Waals surface area contributed by atoms with Crippen LogP contribution in [0.3, 0.4) is 0 Å². The van der Waals surface area contributed by atoms with Crippen molar-refractivity contribution >= 4 is 40.6 Å². The molecule has 7 nitrogen and oxygen atoms in total. The van der Waals surface area contributed by atoms with E-state index in [2.05, 4.69) is 35.0 Å². The first-order valence-corrected chi connectivity index (χ1v) is 17.4. The Balaban J connectivity index is 0.000000168. The molecule has 1 aromatic carbocycles. The van der Waals surface area contributed by atoms with Gasteiger partial charge in [-0.25, -0.2) is 0 Å². The molecule has 11 heteroatoms. The van der Waals surface area contributed by atoms with Crippen LogP contribution in [0, 0.1) is 34.5 Å². The molecule has 0 spiro atoms. The van der Waals surface area contributed by atoms with E-state index in [0.29, 0.717) is 35.6 Å². The number of carbonyl (C=O) groups is 2. The first-order valence-electron chi connectivity index (χ1n) is 16.6. The molecule has 4 saturated carbocycles. The van der Waals surface area contributed by atoms with Crippen LogP contribution in [0.1, 0.15) is 88.4 Å². The molecule has 0 unspecified atom stereocenters. The lowest BCUT2D eigenvalue weighted by Gasteiger charge is -2.56. The Morgan fingerprint density at radius 3 is 2.45 bits per heavy atom. The van der Waals surface area contributed by atoms with Crippen LogP contribution in [0.25, 0.3) is 0 Å². The van der Waals surface area contributed by atoms with Crippen LogP contribution < -0.4 is 14.8 Å². The van der Waals surface area contributed by atoms with Crippen molar-refractivity contribution in [1.29, 1.82) is 0 Å². The van der Waals surface area contributed by atoms with E-state index in [1.165, 1.54) is 42.6 Å². The van der Waals surface area contributed by atoms with Gasteiger partial charge in [0.1, 0.15) is 5.78 Å². The molecular formula is C36H42Cl2F2N2O5. The third-order valence-corrected chi connectivity index (χ3v) is 12.0. The second kappa shape index (κ2) is 13.6. The van der Waals surface area contributed by atoms with E-state index >= 15 is 0 Å². The summed E-state index contributed by atoms with van der Waals surface area (Å²) >= 11 is 12.0. The number of anilines is 1. The zero-order valence-electron chi connectivity index (χ0n) is 26.7. The van der Waals surface area contributed by atoms with Gasteiger partial charge in [0.25, 0.3) is 5.91 Å². The van der Waals surface area contributed by atoms with Gasteiger partial charge < -0.3 is 19.9 Å². The lowest BCUT2D eigenvalue weighted by atomic mass is 9.48. The predicted molar refractivity (Wildman–Crippen MR) is 176 cm³/mol. The zero-order chi connectivity index (χ0) is 33.5. The van der Waals surface area contributed by atoms with Gasteiger partial charge in [0.2, 0.25) is 0 Å². The van der Waals surface area contributed by atoms with Crippen LogP contribution in [-0.2, 0) is 4.79 Å². The number of ketones is 1. The Hall–Kier alpha value is -2.75. The van der Waals surface area contributed by atoms with Crippen LogP contribution >= 0.6 is 23.2 Å². The highest BCUT2D eigenvalue weighted by Crippen LogP contribution is 2.64. The van der Waals surface area contributed by atoms with Gasteiger partial charge in [-0.1, -0.05) is 48.7 Å². The zero-order valence-corrected chi connectivity index (χ0v) is 28.3. The monoisotopic (exact) mass is 690 g/mol. The van der Waals surface area contributed by atoms with E-state index in [1.54, 1.807) is 0 Å². The van der Waals surface area contributed by atoms with E-state index in [0.717, 1.165) is 63.7 Å². The van der Waals surface area contributed by atoms with Crippen LogP contribution in [0.15, 0.2) is 42.2 Å². The second-order valence-corrected chi connectivity index (χ2v) is 15.1. The van der Waals surface area contributed by atoms with Gasteiger partial charge in [-0.2, -0.15) is 8.78 Å². The van der Waals surface area contributed by atoms with Gasteiger partial charge in [0.15, 0.2) is 11.5 Å². The van der Waals surface area contributed by atoms with Crippen molar-refractivity contribution in [3.05, 3.63) is 57.9 Å². The summed E-state index contributed by atoms with van der Waals surface area (Å²) in [4.78, 5) is 28.6. The maximum atomic E-state index is 12.6. The molecule has 2 aromatic rings. The highest BCUT2D eigenvalue weighted by molar-refractivity contribution is 6.39. The molecule has 7 rings (SSSR count). The summed E-state index contributed by atoms with van der Waals surface area (Å²) in [5.74, 6) is 2.43. The van der Waals surface area contributed by atoms with Crippen molar-refractivity contribution in [3.63, 3.8) is 0 Å². The Bertz CT molecular complexity index is 1530. The first kappa shape index (κ1) is 34.1. The molecule has 1 amide bonds. The highest BCUT2D eigenvalue weighted by Gasteiger charge is 2.58. The third-order valence-electron chi connectivity index (χ3n) is 11.5. The number of hydrogen-bond donors (Lipinski definition) is 2. The molecule has 4 fully saturated rings. The van der Waals surface area contributed by atoms with Crippen LogP contribution in [0.4, 0.5) is 14.5 Å². The molecular weight excluding hydrogens is 649 g/mol. The molecule has 6 atom stereocenters. The van der Waals surface area contributed by atoms with Gasteiger partial charge >= 0.3 is 6.61 Å². The minimum atomic E-state index is -2.99. The number of nitrogens with zero attached hydrogens (tertiary/aromatic N) is 1. The number of aliphatic hydroxyl groups excluding tert-OH is 1. The number of hydrogen-bond acceptors (Lipinski definition) is 6. The second-order valence-electron chi connectivity index (χ2n) is 14.3. The van der Waals surface area contributed by atoms with Crippen LogP contribution in [-0.4, -0.2) is 41.1 Å². The molecule has 2 N–H and O–H groups in total. The molecule has 0 bridgehead atoms. The number of ether oxygens (including phenoxy) is 2. The summed E-state index contributed by atoms with van der Waals surface area (Å²) in [6, 6.07) is 3.96. The van der Waals surface area contributed by atoms with Crippen LogP contribution in [0.5, 0.6) is 11.5 Å². The number of aliphatic hydroxyl groups is 1. The fourth-order valence-corrected chi connectivity index (χ4v) is 9.04. The smallest absolute Gasteiger partial charge is 0.387 e. The highest BCUT2D eigenvalue weighted by atomic mass is 35.5. The van der Waals surface area contributed by atoms with Gasteiger partial charge in [0, 0.05) is 29.8 Å². The van der Waals surface area contributed by atoms with E-state index < -0.39 is 12.5 Å². The fourth-order valence-electron chi connectivity index (χ4n) is 8.58. The fraction of sp³-hybridized carbons (Fsp3) is 0.583. The summed E-state index contributed by atoms with van der Waals surface area (Å²) in [5, 5.41) is 12.9. The van der Waals surface area contributed by atoms with Gasteiger partial charge in [-0.15, -0.1) is 0 Å². The average Bonchev–Trinajstić information content (AvgIpc) is 3.81. The van der Waals surface area contributed by atoms with E-state index in [9.17, 15) is 23.5 Å². The minimum Gasteiger partial charge on any atom is -0.489 e. The van der Waals surface area contributed by atoms with Gasteiger partial charge in [-0.3, -0.25) is 14.6 Å². The minimum absolute atomic E-state index is 0.0168. The summed E-state index contributed by atoms with van der Waals surface area (Å²) in [6.07, 6.45) is 15.5. The number of carbonyl (C=O) groups excluding carboxylic acids is 2. The first-order chi connectivity index (χ1) is 22.4. The molecule has 5 aliphatic rings. The number of alkyl halides is 2. The predicted octanol–water partition coefficient (Wildman–Crippen LogP) is 8.91. The lowest BCUT2D eigenvalue weighted by Crippen LogP contribution is -2.50. The molecule has 5 aliphatic carbocycles. The van der Waals surface area contributed by atoms with Crippen molar-refractivity contribution in [2.75, 3.05) is 11.9 Å². The maximum absolute atomic E-state index is 12.6. The molecule has 254 valence electrons. The molecule has 0 radical (unpaired) electrons. The molecule has 0 aliphatic heterocycles. The number of Topliss-reactive ketones (excluding diaryl/α,β-unsaturated/α-hetero) is 1. The summed E-state index contributed by atoms with van der Waals surface area (Å²) in [5.41, 5.74) is 2.20. The van der Waals surface area contributed by atoms with Crippen LogP contribution in [0.2, 0.25) is 10.0 Å². The Morgan fingerprint density at radius 1 is 1.04 bits per heavy atom. The number of allylic oxidation sites excluding steroid dienone is 1. The molecule has 47 heavy (non-hydrogen) atoms. The summed E-state index contributed by atoms with van der Waals surface area (Å²) in [6.45, 7) is 2.08. The Kier molecular flexibility index (Phi) is 9.90. The van der Waals surface area contributed by atoms with Crippen molar-refractivity contribution in [3.8, 4) is 11.5 Å². The number of pyridine rings is 1. The Morgan fingerprint density at radius 2 is 1.74 bits per heavy atom. The Labute approximate surface area is 284 Å². The van der Waals surface area contributed by atoms with Gasteiger partial charge in [-0.05, 0) is 105 Å². The SMILES string of the molecule is C[C@]12CC[C@H](O)CC1=CC[C@@H]1[C@@H]2CC[C@]2(C)C(=O)CC[C@@H]12.O=C(Nc1c(Cl)cncc1Cl)c1ccc(OC(F)F)c(OCC2CC2)c1. The summed E-state index contributed by atoms with van der Waals surface area (Å²) in [7, 11) is 0. The van der Waals surface area contributed by atoms with Crippen molar-refractivity contribution in [1.82, 2.24) is 4.98 Å². The normalized spacial score (nSPS) is 31.1. The van der Waals surface area contributed by atoms with Crippen molar-refractivity contribution in [2.45, 2.75) is 90.8 Å². The number of halogens is 4. The number of aromatic nitrogens is 1.